The van der Waals surface area contributed by atoms with Crippen LogP contribution in [-0.4, -0.2) is 41.3 Å². The first kappa shape index (κ1) is 23.6. The van der Waals surface area contributed by atoms with E-state index >= 15 is 0 Å². The van der Waals surface area contributed by atoms with Crippen LogP contribution in [-0.2, 0) is 4.74 Å². The quantitative estimate of drug-likeness (QED) is 0.248. The van der Waals surface area contributed by atoms with Crippen molar-refractivity contribution in [2.45, 2.75) is 0 Å². The fourth-order valence-corrected chi connectivity index (χ4v) is 4.52. The third-order valence-corrected chi connectivity index (χ3v) is 6.35. The number of morpholine rings is 1. The number of rotatable bonds is 7. The molecule has 0 spiro atoms. The third kappa shape index (κ3) is 5.05. The Morgan fingerprint density at radius 2 is 0.816 bits per heavy atom. The van der Waals surface area contributed by atoms with E-state index < -0.39 is 0 Å². The molecule has 0 aliphatic carbocycles. The van der Waals surface area contributed by atoms with Crippen molar-refractivity contribution < 1.29 is 4.74 Å². The van der Waals surface area contributed by atoms with Crippen molar-refractivity contribution in [1.29, 1.82) is 0 Å². The molecule has 2 heterocycles. The smallest absolute Gasteiger partial charge is 0.241 e. The highest BCUT2D eigenvalue weighted by atomic mass is 16.5. The van der Waals surface area contributed by atoms with Crippen molar-refractivity contribution in [3.63, 3.8) is 0 Å². The molecule has 0 atom stereocenters. The second kappa shape index (κ2) is 11.1. The molecule has 0 N–H and O–H groups in total. The molecule has 0 radical (unpaired) electrons. The van der Waals surface area contributed by atoms with E-state index in [9.17, 15) is 0 Å². The topological polar surface area (TPSA) is 57.6 Å². The molecule has 4 aromatic carbocycles. The van der Waals surface area contributed by atoms with E-state index in [1.165, 1.54) is 0 Å². The molecule has 1 aliphatic heterocycles. The number of benzene rings is 4. The highest BCUT2D eigenvalue weighted by Gasteiger charge is 2.24. The van der Waals surface area contributed by atoms with Crippen molar-refractivity contribution >= 4 is 40.6 Å². The van der Waals surface area contributed by atoms with Crippen LogP contribution >= 0.6 is 0 Å². The standard InChI is InChI=1S/C31H28N6O/c1-5-13-25(14-6-1)36(26-15-7-2-8-16-26)30-32-29(35-21-23-38-24-22-35)33-31(34-30)37(27-17-9-3-10-18-27)28-19-11-4-12-20-28/h1-20H,21-24H2. The third-order valence-electron chi connectivity index (χ3n) is 6.35. The molecule has 0 saturated carbocycles. The molecular formula is C31H28N6O. The number of hydrogen-bond donors (Lipinski definition) is 0. The molecule has 7 heteroatoms. The summed E-state index contributed by atoms with van der Waals surface area (Å²) in [5.74, 6) is 1.72. The first-order valence-electron chi connectivity index (χ1n) is 12.8. The molecule has 0 unspecified atom stereocenters. The maximum atomic E-state index is 5.62. The van der Waals surface area contributed by atoms with Crippen LogP contribution in [0, 0.1) is 0 Å². The number of anilines is 7. The molecule has 1 saturated heterocycles. The zero-order valence-electron chi connectivity index (χ0n) is 21.0. The lowest BCUT2D eigenvalue weighted by molar-refractivity contribution is 0.122. The van der Waals surface area contributed by atoms with Gasteiger partial charge in [0, 0.05) is 35.8 Å². The van der Waals surface area contributed by atoms with Crippen molar-refractivity contribution in [1.82, 2.24) is 15.0 Å². The van der Waals surface area contributed by atoms with Gasteiger partial charge in [0.25, 0.3) is 0 Å². The van der Waals surface area contributed by atoms with Crippen LogP contribution in [0.3, 0.4) is 0 Å². The Morgan fingerprint density at radius 1 is 0.474 bits per heavy atom. The average Bonchev–Trinajstić information content (AvgIpc) is 3.00. The Kier molecular flexibility index (Phi) is 6.91. The fourth-order valence-electron chi connectivity index (χ4n) is 4.52. The van der Waals surface area contributed by atoms with E-state index in [0.29, 0.717) is 31.1 Å². The zero-order chi connectivity index (χ0) is 25.6. The lowest BCUT2D eigenvalue weighted by Gasteiger charge is -2.31. The van der Waals surface area contributed by atoms with Crippen LogP contribution in [0.4, 0.5) is 40.6 Å². The summed E-state index contributed by atoms with van der Waals surface area (Å²) in [6.45, 7) is 2.71. The molecule has 6 rings (SSSR count). The number of aromatic nitrogens is 3. The minimum absolute atomic E-state index is 0.547. The molecule has 5 aromatic rings. The van der Waals surface area contributed by atoms with Crippen LogP contribution in [0.1, 0.15) is 0 Å². The van der Waals surface area contributed by atoms with Gasteiger partial charge in [-0.2, -0.15) is 15.0 Å². The Morgan fingerprint density at radius 3 is 1.16 bits per heavy atom. The second-order valence-corrected chi connectivity index (χ2v) is 8.85. The SMILES string of the molecule is c1ccc(N(c2ccccc2)c2nc(N3CCOCC3)nc(N(c3ccccc3)c3ccccc3)n2)cc1. The first-order valence-corrected chi connectivity index (χ1v) is 12.8. The van der Waals surface area contributed by atoms with E-state index in [4.69, 9.17) is 19.7 Å². The van der Waals surface area contributed by atoms with Crippen LogP contribution in [0.15, 0.2) is 121 Å². The molecule has 38 heavy (non-hydrogen) atoms. The number of para-hydroxylation sites is 4. The van der Waals surface area contributed by atoms with Crippen LogP contribution in [0.25, 0.3) is 0 Å². The minimum atomic E-state index is 0.547. The van der Waals surface area contributed by atoms with E-state index in [1.54, 1.807) is 0 Å². The van der Waals surface area contributed by atoms with Crippen molar-refractivity contribution in [3.8, 4) is 0 Å². The Labute approximate surface area is 222 Å². The predicted octanol–water partition coefficient (Wildman–Crippen LogP) is 6.65. The summed E-state index contributed by atoms with van der Waals surface area (Å²) in [5, 5.41) is 0. The number of ether oxygens (including phenoxy) is 1. The molecule has 1 aliphatic rings. The summed E-state index contributed by atoms with van der Waals surface area (Å²) in [4.78, 5) is 21.5. The van der Waals surface area contributed by atoms with Crippen molar-refractivity contribution in [2.24, 2.45) is 0 Å². The predicted molar refractivity (Wildman–Crippen MR) is 152 cm³/mol. The van der Waals surface area contributed by atoms with Gasteiger partial charge >= 0.3 is 0 Å². The highest BCUT2D eigenvalue weighted by Crippen LogP contribution is 2.37. The summed E-state index contributed by atoms with van der Waals surface area (Å²) in [7, 11) is 0. The minimum Gasteiger partial charge on any atom is -0.378 e. The summed E-state index contributed by atoms with van der Waals surface area (Å²) in [5.41, 5.74) is 3.87. The average molecular weight is 501 g/mol. The Bertz CT molecular complexity index is 1270. The molecule has 0 bridgehead atoms. The van der Waals surface area contributed by atoms with Gasteiger partial charge in [-0.15, -0.1) is 0 Å². The van der Waals surface area contributed by atoms with Gasteiger partial charge < -0.3 is 9.64 Å². The second-order valence-electron chi connectivity index (χ2n) is 8.85. The van der Waals surface area contributed by atoms with Gasteiger partial charge in [-0.05, 0) is 48.5 Å². The molecule has 1 fully saturated rings. The Balaban J connectivity index is 1.57. The summed E-state index contributed by atoms with van der Waals surface area (Å²) >= 11 is 0. The summed E-state index contributed by atoms with van der Waals surface area (Å²) in [6.07, 6.45) is 0. The largest absolute Gasteiger partial charge is 0.378 e. The van der Waals surface area contributed by atoms with Crippen LogP contribution in [0.5, 0.6) is 0 Å². The lowest BCUT2D eigenvalue weighted by Crippen LogP contribution is -2.38. The summed E-state index contributed by atoms with van der Waals surface area (Å²) in [6, 6.07) is 40.8. The van der Waals surface area contributed by atoms with E-state index in [-0.39, 0.29) is 0 Å². The van der Waals surface area contributed by atoms with Crippen molar-refractivity contribution in [3.05, 3.63) is 121 Å². The monoisotopic (exact) mass is 500 g/mol. The Hall–Kier alpha value is -4.75. The number of hydrogen-bond acceptors (Lipinski definition) is 7. The summed E-state index contributed by atoms with van der Waals surface area (Å²) < 4.78 is 5.62. The highest BCUT2D eigenvalue weighted by molar-refractivity contribution is 5.76. The maximum Gasteiger partial charge on any atom is 0.241 e. The molecule has 0 amide bonds. The molecule has 1 aromatic heterocycles. The maximum absolute atomic E-state index is 5.62. The lowest BCUT2D eigenvalue weighted by atomic mass is 10.2. The van der Waals surface area contributed by atoms with Gasteiger partial charge in [-0.3, -0.25) is 9.80 Å². The van der Waals surface area contributed by atoms with Gasteiger partial charge in [0.15, 0.2) is 0 Å². The van der Waals surface area contributed by atoms with Gasteiger partial charge in [0.05, 0.1) is 13.2 Å². The van der Waals surface area contributed by atoms with Crippen LogP contribution < -0.4 is 14.7 Å². The van der Waals surface area contributed by atoms with Gasteiger partial charge in [-0.1, -0.05) is 72.8 Å². The first-order chi connectivity index (χ1) is 18.9. The van der Waals surface area contributed by atoms with E-state index in [2.05, 4.69) is 63.2 Å². The molecular weight excluding hydrogens is 472 g/mol. The normalized spacial score (nSPS) is 13.2. The zero-order valence-corrected chi connectivity index (χ0v) is 21.0. The van der Waals surface area contributed by atoms with Crippen LogP contribution in [0.2, 0.25) is 0 Å². The molecule has 188 valence electrons. The van der Waals surface area contributed by atoms with E-state index in [1.807, 2.05) is 72.8 Å². The number of nitrogens with zero attached hydrogens (tertiary/aromatic N) is 6. The van der Waals surface area contributed by atoms with Gasteiger partial charge in [-0.25, -0.2) is 0 Å². The molecule has 7 nitrogen and oxygen atoms in total. The fraction of sp³-hybridized carbons (Fsp3) is 0.129. The van der Waals surface area contributed by atoms with Gasteiger partial charge in [0.1, 0.15) is 0 Å². The van der Waals surface area contributed by atoms with E-state index in [0.717, 1.165) is 35.8 Å². The van der Waals surface area contributed by atoms with Crippen molar-refractivity contribution in [2.75, 3.05) is 41.0 Å². The van der Waals surface area contributed by atoms with Gasteiger partial charge in [0.2, 0.25) is 17.8 Å².